The summed E-state index contributed by atoms with van der Waals surface area (Å²) in [5, 5.41) is 5.56. The van der Waals surface area contributed by atoms with Crippen LogP contribution in [0.2, 0.25) is 0 Å². The van der Waals surface area contributed by atoms with Crippen molar-refractivity contribution in [2.75, 3.05) is 10.6 Å². The van der Waals surface area contributed by atoms with Gasteiger partial charge in [-0.25, -0.2) is 0 Å². The first kappa shape index (κ1) is 22.6. The minimum absolute atomic E-state index is 0.0333. The highest BCUT2D eigenvalue weighted by atomic mass is 16.2. The summed E-state index contributed by atoms with van der Waals surface area (Å²) in [5.74, 6) is -0.779. The van der Waals surface area contributed by atoms with E-state index in [2.05, 4.69) is 10.6 Å². The summed E-state index contributed by atoms with van der Waals surface area (Å²) in [7, 11) is 0. The second-order valence-corrected chi connectivity index (χ2v) is 7.20. The van der Waals surface area contributed by atoms with Crippen LogP contribution in [0.1, 0.15) is 68.1 Å². The highest BCUT2D eigenvalue weighted by Gasteiger charge is 2.12. The molecule has 3 aromatic rings. The van der Waals surface area contributed by atoms with Crippen molar-refractivity contribution in [2.45, 2.75) is 26.7 Å². The van der Waals surface area contributed by atoms with Gasteiger partial charge >= 0.3 is 0 Å². The Morgan fingerprint density at radius 1 is 0.562 bits per heavy atom. The predicted molar refractivity (Wildman–Crippen MR) is 124 cm³/mol. The highest BCUT2D eigenvalue weighted by Crippen LogP contribution is 2.18. The largest absolute Gasteiger partial charge is 0.322 e. The summed E-state index contributed by atoms with van der Waals surface area (Å²) in [6.07, 6.45) is 0.727. The molecule has 0 bridgehead atoms. The fourth-order valence-electron chi connectivity index (χ4n) is 3.16. The van der Waals surface area contributed by atoms with Gasteiger partial charge in [0.25, 0.3) is 11.8 Å². The average molecular weight is 428 g/mol. The minimum Gasteiger partial charge on any atom is -0.322 e. The Labute approximate surface area is 186 Å². The molecule has 6 heteroatoms. The summed E-state index contributed by atoms with van der Waals surface area (Å²) in [5.41, 5.74) is 2.71. The van der Waals surface area contributed by atoms with E-state index in [-0.39, 0.29) is 23.4 Å². The highest BCUT2D eigenvalue weighted by molar-refractivity contribution is 6.08. The Morgan fingerprint density at radius 2 is 0.938 bits per heavy atom. The Hall–Kier alpha value is -4.06. The molecule has 0 aliphatic rings. The number of hydrogen-bond acceptors (Lipinski definition) is 4. The third kappa shape index (κ3) is 5.55. The SMILES string of the molecule is CCC(=O)c1cccc(C(=O)Nc2cccc(NC(=O)c3cccc(C(=O)CC)c3)c2)c1. The lowest BCUT2D eigenvalue weighted by atomic mass is 10.1. The molecule has 2 N–H and O–H groups in total. The van der Waals surface area contributed by atoms with Crippen LogP contribution in [-0.2, 0) is 0 Å². The first-order chi connectivity index (χ1) is 15.4. The van der Waals surface area contributed by atoms with Crippen LogP contribution < -0.4 is 10.6 Å². The lowest BCUT2D eigenvalue weighted by Crippen LogP contribution is -2.15. The number of amides is 2. The van der Waals surface area contributed by atoms with Gasteiger partial charge in [0.15, 0.2) is 11.6 Å². The van der Waals surface area contributed by atoms with Gasteiger partial charge in [0.1, 0.15) is 0 Å². The third-order valence-corrected chi connectivity index (χ3v) is 4.91. The molecule has 3 rings (SSSR count). The predicted octanol–water partition coefficient (Wildman–Crippen LogP) is 5.38. The maximum absolute atomic E-state index is 12.6. The smallest absolute Gasteiger partial charge is 0.255 e. The molecule has 162 valence electrons. The molecule has 0 spiro atoms. The van der Waals surface area contributed by atoms with Crippen LogP contribution in [0, 0.1) is 0 Å². The zero-order valence-corrected chi connectivity index (χ0v) is 18.0. The molecule has 0 saturated heterocycles. The second-order valence-electron chi connectivity index (χ2n) is 7.20. The maximum atomic E-state index is 12.6. The second kappa shape index (κ2) is 10.3. The van der Waals surface area contributed by atoms with Crippen molar-refractivity contribution in [2.24, 2.45) is 0 Å². The molecule has 0 heterocycles. The van der Waals surface area contributed by atoms with Crippen molar-refractivity contribution in [3.8, 4) is 0 Å². The minimum atomic E-state index is -0.356. The molecule has 3 aromatic carbocycles. The molecule has 0 radical (unpaired) electrons. The van der Waals surface area contributed by atoms with Crippen molar-refractivity contribution >= 4 is 34.8 Å². The number of ketones is 2. The molecule has 6 nitrogen and oxygen atoms in total. The topological polar surface area (TPSA) is 92.3 Å². The fourth-order valence-corrected chi connectivity index (χ4v) is 3.16. The van der Waals surface area contributed by atoms with Gasteiger partial charge in [-0.3, -0.25) is 19.2 Å². The first-order valence-electron chi connectivity index (χ1n) is 10.4. The summed E-state index contributed by atoms with van der Waals surface area (Å²) in [4.78, 5) is 49.0. The van der Waals surface area contributed by atoms with Crippen molar-refractivity contribution < 1.29 is 19.2 Å². The summed E-state index contributed by atoms with van der Waals surface area (Å²) >= 11 is 0. The van der Waals surface area contributed by atoms with E-state index in [9.17, 15) is 19.2 Å². The molecule has 0 aliphatic heterocycles. The lowest BCUT2D eigenvalue weighted by molar-refractivity contribution is 0.0979. The molecule has 0 aromatic heterocycles. The number of carbonyl (C=O) groups excluding carboxylic acids is 4. The quantitative estimate of drug-likeness (QED) is 0.471. The normalized spacial score (nSPS) is 10.3. The van der Waals surface area contributed by atoms with Crippen molar-refractivity contribution in [3.05, 3.63) is 95.1 Å². The maximum Gasteiger partial charge on any atom is 0.255 e. The fraction of sp³-hybridized carbons (Fsp3) is 0.154. The number of hydrogen-bond donors (Lipinski definition) is 2. The summed E-state index contributed by atoms with van der Waals surface area (Å²) in [6.45, 7) is 3.54. The third-order valence-electron chi connectivity index (χ3n) is 4.91. The van der Waals surface area contributed by atoms with Crippen LogP contribution >= 0.6 is 0 Å². The van der Waals surface area contributed by atoms with E-state index in [0.29, 0.717) is 46.5 Å². The van der Waals surface area contributed by atoms with Crippen LogP contribution in [0.4, 0.5) is 11.4 Å². The van der Waals surface area contributed by atoms with Crippen molar-refractivity contribution in [3.63, 3.8) is 0 Å². The van der Waals surface area contributed by atoms with Crippen LogP contribution in [-0.4, -0.2) is 23.4 Å². The van der Waals surface area contributed by atoms with Crippen LogP contribution in [0.15, 0.2) is 72.8 Å². The standard InChI is InChI=1S/C26H24N2O4/c1-3-23(29)17-8-5-10-19(14-17)25(31)27-21-12-7-13-22(16-21)28-26(32)20-11-6-9-18(15-20)24(30)4-2/h5-16H,3-4H2,1-2H3,(H,27,31)(H,28,32). The molecule has 2 amide bonds. The van der Waals surface area contributed by atoms with E-state index in [1.165, 1.54) is 0 Å². The van der Waals surface area contributed by atoms with Gasteiger partial charge in [0.05, 0.1) is 0 Å². The van der Waals surface area contributed by atoms with Crippen LogP contribution in [0.25, 0.3) is 0 Å². The zero-order valence-electron chi connectivity index (χ0n) is 18.0. The molecular weight excluding hydrogens is 404 g/mol. The van der Waals surface area contributed by atoms with Crippen molar-refractivity contribution in [1.82, 2.24) is 0 Å². The number of Topliss-reactive ketones (excluding diaryl/α,β-unsaturated/α-hetero) is 2. The van der Waals surface area contributed by atoms with E-state index in [1.54, 1.807) is 86.6 Å². The van der Waals surface area contributed by atoms with E-state index >= 15 is 0 Å². The van der Waals surface area contributed by atoms with Gasteiger partial charge in [-0.2, -0.15) is 0 Å². The van der Waals surface area contributed by atoms with Crippen molar-refractivity contribution in [1.29, 1.82) is 0 Å². The number of nitrogens with one attached hydrogen (secondary N) is 2. The number of anilines is 2. The Balaban J connectivity index is 1.72. The van der Waals surface area contributed by atoms with Gasteiger partial charge in [-0.1, -0.05) is 44.2 Å². The van der Waals surface area contributed by atoms with Gasteiger partial charge in [0, 0.05) is 46.5 Å². The Morgan fingerprint density at radius 3 is 1.34 bits per heavy atom. The Kier molecular flexibility index (Phi) is 7.29. The van der Waals surface area contributed by atoms with E-state index in [0.717, 1.165) is 0 Å². The zero-order chi connectivity index (χ0) is 23.1. The molecule has 0 unspecified atom stereocenters. The monoisotopic (exact) mass is 428 g/mol. The van der Waals surface area contributed by atoms with Crippen LogP contribution in [0.5, 0.6) is 0 Å². The van der Waals surface area contributed by atoms with Crippen LogP contribution in [0.3, 0.4) is 0 Å². The number of carbonyl (C=O) groups is 4. The molecular formula is C26H24N2O4. The number of benzene rings is 3. The first-order valence-corrected chi connectivity index (χ1v) is 10.4. The molecule has 0 aliphatic carbocycles. The molecule has 32 heavy (non-hydrogen) atoms. The van der Waals surface area contributed by atoms with E-state index in [1.807, 2.05) is 0 Å². The lowest BCUT2D eigenvalue weighted by Gasteiger charge is -2.10. The molecule has 0 atom stereocenters. The number of rotatable bonds is 8. The van der Waals surface area contributed by atoms with Gasteiger partial charge in [-0.15, -0.1) is 0 Å². The van der Waals surface area contributed by atoms with Gasteiger partial charge in [-0.05, 0) is 42.5 Å². The Bertz CT molecular complexity index is 1090. The summed E-state index contributed by atoms with van der Waals surface area (Å²) < 4.78 is 0. The van der Waals surface area contributed by atoms with Gasteiger partial charge in [0.2, 0.25) is 0 Å². The van der Waals surface area contributed by atoms with E-state index < -0.39 is 0 Å². The average Bonchev–Trinajstić information content (AvgIpc) is 2.83. The van der Waals surface area contributed by atoms with Gasteiger partial charge < -0.3 is 10.6 Å². The molecule has 0 saturated carbocycles. The summed E-state index contributed by atoms with van der Waals surface area (Å²) in [6, 6.07) is 19.9. The molecule has 0 fully saturated rings. The van der Waals surface area contributed by atoms with E-state index in [4.69, 9.17) is 0 Å².